The molecule has 2 amide bonds. The molecule has 9 heteroatoms. The summed E-state index contributed by atoms with van der Waals surface area (Å²) in [7, 11) is 1.41. The number of nitrogens with zero attached hydrogens (tertiary/aromatic N) is 2. The predicted molar refractivity (Wildman–Crippen MR) is 89.6 cm³/mol. The number of hydrogen-bond donors (Lipinski definition) is 2. The van der Waals surface area contributed by atoms with Gasteiger partial charge in [0.25, 0.3) is 0 Å². The number of amides is 2. The van der Waals surface area contributed by atoms with Crippen molar-refractivity contribution in [2.75, 3.05) is 25.6 Å². The van der Waals surface area contributed by atoms with Crippen LogP contribution in [0.4, 0.5) is 23.1 Å². The largest absolute Gasteiger partial charge is 0.389 e. The van der Waals surface area contributed by atoms with Crippen LogP contribution < -0.4 is 5.32 Å². The number of rotatable bonds is 6. The van der Waals surface area contributed by atoms with Crippen LogP contribution in [0, 0.1) is 18.6 Å². The fraction of sp³-hybridized carbons (Fsp3) is 0.375. The smallest absolute Gasteiger partial charge is 0.323 e. The summed E-state index contributed by atoms with van der Waals surface area (Å²) in [5.74, 6) is -1.28. The molecule has 0 fully saturated rings. The molecule has 1 aromatic carbocycles. The molecule has 25 heavy (non-hydrogen) atoms. The molecule has 1 heterocycles. The summed E-state index contributed by atoms with van der Waals surface area (Å²) in [6, 6.07) is 3.09. The predicted octanol–water partition coefficient (Wildman–Crippen LogP) is 3.11. The van der Waals surface area contributed by atoms with Crippen molar-refractivity contribution in [2.45, 2.75) is 19.4 Å². The van der Waals surface area contributed by atoms with E-state index in [9.17, 15) is 23.1 Å². The van der Waals surface area contributed by atoms with E-state index in [0.717, 1.165) is 16.2 Å². The summed E-state index contributed by atoms with van der Waals surface area (Å²) in [4.78, 5) is 17.9. The molecular formula is C16H18F3N3O2S. The van der Waals surface area contributed by atoms with Crippen LogP contribution in [0.1, 0.15) is 16.1 Å². The number of likely N-dealkylation sites (N-methyl/N-ethyl adjacent to an activating group) is 1. The molecule has 1 atom stereocenters. The highest BCUT2D eigenvalue weighted by molar-refractivity contribution is 7.15. The van der Waals surface area contributed by atoms with Crippen molar-refractivity contribution >= 4 is 22.5 Å². The zero-order valence-corrected chi connectivity index (χ0v) is 14.5. The van der Waals surface area contributed by atoms with Crippen molar-refractivity contribution in [1.29, 1.82) is 0 Å². The molecular weight excluding hydrogens is 355 g/mol. The quantitative estimate of drug-likeness (QED) is 0.818. The Labute approximate surface area is 147 Å². The summed E-state index contributed by atoms with van der Waals surface area (Å²) in [6.45, 7) is 0.559. The summed E-state index contributed by atoms with van der Waals surface area (Å²) < 4.78 is 39.8. The monoisotopic (exact) mass is 373 g/mol. The Morgan fingerprint density at radius 3 is 2.64 bits per heavy atom. The Kier molecular flexibility index (Phi) is 6.38. The number of aliphatic hydroxyl groups is 1. The third-order valence-corrected chi connectivity index (χ3v) is 4.59. The van der Waals surface area contributed by atoms with E-state index >= 15 is 0 Å². The summed E-state index contributed by atoms with van der Waals surface area (Å²) >= 11 is 1.10. The minimum Gasteiger partial charge on any atom is -0.389 e. The first kappa shape index (κ1) is 19.2. The topological polar surface area (TPSA) is 65.5 Å². The third kappa shape index (κ3) is 4.93. The molecule has 0 aliphatic heterocycles. The second-order valence-corrected chi connectivity index (χ2v) is 6.61. The number of halogens is 3. The lowest BCUT2D eigenvalue weighted by Crippen LogP contribution is -2.37. The van der Waals surface area contributed by atoms with Gasteiger partial charge < -0.3 is 10.0 Å². The fourth-order valence-electron chi connectivity index (χ4n) is 2.14. The van der Waals surface area contributed by atoms with E-state index in [4.69, 9.17) is 0 Å². The standard InChI is InChI=1S/C16H18F3N3O2S/c1-9-14(6-11-12(18)4-3-5-13(11)19)25-15(20-9)21-16(24)22(2)8-10(23)7-17/h3-5,10,23H,6-8H2,1-2H3,(H,20,21,24). The van der Waals surface area contributed by atoms with Crippen molar-refractivity contribution in [2.24, 2.45) is 0 Å². The lowest BCUT2D eigenvalue weighted by Gasteiger charge is -2.18. The number of hydrogen-bond acceptors (Lipinski definition) is 4. The number of alkyl halides is 1. The molecule has 0 saturated heterocycles. The minimum absolute atomic E-state index is 0.0221. The van der Waals surface area contributed by atoms with E-state index in [0.29, 0.717) is 10.6 Å². The molecule has 0 aliphatic carbocycles. The second kappa shape index (κ2) is 8.30. The molecule has 0 saturated carbocycles. The number of nitrogens with one attached hydrogen (secondary N) is 1. The van der Waals surface area contributed by atoms with Crippen LogP contribution in [0.3, 0.4) is 0 Å². The van der Waals surface area contributed by atoms with Gasteiger partial charge >= 0.3 is 6.03 Å². The Morgan fingerprint density at radius 1 is 1.40 bits per heavy atom. The van der Waals surface area contributed by atoms with E-state index in [1.165, 1.54) is 25.2 Å². The highest BCUT2D eigenvalue weighted by atomic mass is 32.1. The summed E-state index contributed by atoms with van der Waals surface area (Å²) in [5.41, 5.74) is 0.490. The van der Waals surface area contributed by atoms with Crippen molar-refractivity contribution in [3.63, 3.8) is 0 Å². The van der Waals surface area contributed by atoms with Gasteiger partial charge in [0.05, 0.1) is 18.3 Å². The first-order valence-electron chi connectivity index (χ1n) is 7.47. The highest BCUT2D eigenvalue weighted by Gasteiger charge is 2.18. The maximum Gasteiger partial charge on any atom is 0.323 e. The number of urea groups is 1. The lowest BCUT2D eigenvalue weighted by molar-refractivity contribution is 0.110. The second-order valence-electron chi connectivity index (χ2n) is 5.52. The molecule has 1 unspecified atom stereocenters. The normalized spacial score (nSPS) is 12.1. The average Bonchev–Trinajstić information content (AvgIpc) is 2.90. The van der Waals surface area contributed by atoms with Crippen molar-refractivity contribution in [3.8, 4) is 0 Å². The molecule has 2 aromatic rings. The maximum absolute atomic E-state index is 13.8. The summed E-state index contributed by atoms with van der Waals surface area (Å²) in [6.07, 6.45) is -1.23. The van der Waals surface area contributed by atoms with Gasteiger partial charge in [0.15, 0.2) is 5.13 Å². The minimum atomic E-state index is -1.26. The van der Waals surface area contributed by atoms with Crippen LogP contribution in [-0.4, -0.2) is 47.4 Å². The molecule has 0 bridgehead atoms. The average molecular weight is 373 g/mol. The van der Waals surface area contributed by atoms with Gasteiger partial charge in [-0.05, 0) is 19.1 Å². The van der Waals surface area contributed by atoms with Gasteiger partial charge in [0.1, 0.15) is 18.3 Å². The molecule has 0 spiro atoms. The first-order chi connectivity index (χ1) is 11.8. The van der Waals surface area contributed by atoms with E-state index < -0.39 is 30.4 Å². The Morgan fingerprint density at radius 2 is 2.04 bits per heavy atom. The number of aliphatic hydroxyl groups excluding tert-OH is 1. The van der Waals surface area contributed by atoms with Gasteiger partial charge in [-0.2, -0.15) is 0 Å². The third-order valence-electron chi connectivity index (χ3n) is 3.51. The van der Waals surface area contributed by atoms with Gasteiger partial charge in [-0.25, -0.2) is 22.9 Å². The summed E-state index contributed by atoms with van der Waals surface area (Å²) in [5, 5.41) is 12.0. The Bertz CT molecular complexity index is 734. The Balaban J connectivity index is 2.08. The van der Waals surface area contributed by atoms with Crippen LogP contribution in [0.2, 0.25) is 0 Å². The number of carbonyl (C=O) groups excluding carboxylic acids is 1. The van der Waals surface area contributed by atoms with Gasteiger partial charge in [-0.3, -0.25) is 5.32 Å². The molecule has 2 N–H and O–H groups in total. The van der Waals surface area contributed by atoms with Gasteiger partial charge in [-0.15, -0.1) is 11.3 Å². The fourth-order valence-corrected chi connectivity index (χ4v) is 3.11. The van der Waals surface area contributed by atoms with E-state index in [2.05, 4.69) is 10.3 Å². The Hall–Kier alpha value is -2.13. The van der Waals surface area contributed by atoms with Crippen LogP contribution in [0.5, 0.6) is 0 Å². The lowest BCUT2D eigenvalue weighted by atomic mass is 10.1. The molecule has 0 aliphatic rings. The van der Waals surface area contributed by atoms with E-state index in [1.807, 2.05) is 0 Å². The molecule has 0 radical (unpaired) electrons. The number of carbonyl (C=O) groups is 1. The maximum atomic E-state index is 13.8. The van der Waals surface area contributed by atoms with Gasteiger partial charge in [-0.1, -0.05) is 6.07 Å². The zero-order valence-electron chi connectivity index (χ0n) is 13.7. The molecule has 136 valence electrons. The van der Waals surface area contributed by atoms with Crippen LogP contribution in [0.25, 0.3) is 0 Å². The molecule has 2 rings (SSSR count). The van der Waals surface area contributed by atoms with Crippen molar-refractivity contribution in [3.05, 3.63) is 46.0 Å². The van der Waals surface area contributed by atoms with Crippen molar-refractivity contribution in [1.82, 2.24) is 9.88 Å². The van der Waals surface area contributed by atoms with Crippen molar-refractivity contribution < 1.29 is 23.1 Å². The number of benzene rings is 1. The number of aryl methyl sites for hydroxylation is 1. The molecule has 1 aromatic heterocycles. The number of aromatic nitrogens is 1. The van der Waals surface area contributed by atoms with E-state index in [1.54, 1.807) is 6.92 Å². The highest BCUT2D eigenvalue weighted by Crippen LogP contribution is 2.27. The van der Waals surface area contributed by atoms with Crippen LogP contribution in [0.15, 0.2) is 18.2 Å². The zero-order chi connectivity index (χ0) is 18.6. The SMILES string of the molecule is Cc1nc(NC(=O)N(C)CC(O)CF)sc1Cc1c(F)cccc1F. The first-order valence-corrected chi connectivity index (χ1v) is 8.28. The number of thiazole rings is 1. The van der Waals surface area contributed by atoms with Gasteiger partial charge in [0, 0.05) is 23.9 Å². The molecule has 5 nitrogen and oxygen atoms in total. The number of anilines is 1. The van der Waals surface area contributed by atoms with Crippen LogP contribution >= 0.6 is 11.3 Å². The van der Waals surface area contributed by atoms with Crippen LogP contribution in [-0.2, 0) is 6.42 Å². The van der Waals surface area contributed by atoms with E-state index in [-0.39, 0.29) is 23.7 Å². The van der Waals surface area contributed by atoms with Gasteiger partial charge in [0.2, 0.25) is 0 Å².